The summed E-state index contributed by atoms with van der Waals surface area (Å²) in [5, 5.41) is 0. The summed E-state index contributed by atoms with van der Waals surface area (Å²) in [5.41, 5.74) is 11.2. The molecule has 0 saturated carbocycles. The minimum atomic E-state index is -0.289. The molecule has 0 aliphatic heterocycles. The summed E-state index contributed by atoms with van der Waals surface area (Å²) in [6.45, 7) is 19.9. The van der Waals surface area contributed by atoms with Crippen molar-refractivity contribution < 1.29 is 4.39 Å². The Balaban J connectivity index is 1.64. The number of benzene rings is 3. The highest BCUT2D eigenvalue weighted by Gasteiger charge is 2.35. The van der Waals surface area contributed by atoms with E-state index in [1.165, 1.54) is 59.4 Å². The van der Waals surface area contributed by atoms with E-state index in [0.717, 1.165) is 23.1 Å². The number of aromatic nitrogens is 2. The molecule has 39 heavy (non-hydrogen) atoms. The first-order chi connectivity index (χ1) is 18.5. The van der Waals surface area contributed by atoms with Crippen LogP contribution >= 0.6 is 0 Å². The normalized spacial score (nSPS) is 12.8. The molecule has 1 heterocycles. The van der Waals surface area contributed by atoms with Crippen molar-refractivity contribution in [1.82, 2.24) is 9.36 Å². The van der Waals surface area contributed by atoms with Gasteiger partial charge >= 0.3 is 0 Å². The lowest BCUT2D eigenvalue weighted by Gasteiger charge is -2.42. The van der Waals surface area contributed by atoms with E-state index in [1.54, 1.807) is 6.07 Å². The number of hydrogen-bond donors (Lipinski definition) is 0. The summed E-state index contributed by atoms with van der Waals surface area (Å²) < 4.78 is 20.5. The van der Waals surface area contributed by atoms with E-state index < -0.39 is 0 Å². The summed E-state index contributed by atoms with van der Waals surface area (Å²) in [5.74, 6) is -0.148. The molecule has 4 rings (SSSR count). The van der Waals surface area contributed by atoms with Crippen molar-refractivity contribution in [3.63, 3.8) is 0 Å². The van der Waals surface area contributed by atoms with Gasteiger partial charge in [0.05, 0.1) is 23.1 Å². The zero-order chi connectivity index (χ0) is 28.5. The Morgan fingerprint density at radius 3 is 2.05 bits per heavy atom. The third-order valence-electron chi connectivity index (χ3n) is 9.06. The molecule has 1 aromatic heterocycles. The fraction of sp³-hybridized carbons (Fsp3) is 0.444. The van der Waals surface area contributed by atoms with E-state index in [0.29, 0.717) is 5.56 Å². The lowest BCUT2D eigenvalue weighted by molar-refractivity contribution is 0.266. The average molecular weight is 527 g/mol. The molecule has 0 unspecified atom stereocenters. The number of hydrogen-bond acceptors (Lipinski definition) is 0. The van der Waals surface area contributed by atoms with Crippen molar-refractivity contribution in [2.24, 2.45) is 0 Å². The van der Waals surface area contributed by atoms with Crippen LogP contribution in [0.3, 0.4) is 0 Å². The molecule has 1 atom stereocenters. The van der Waals surface area contributed by atoms with E-state index in [4.69, 9.17) is 0 Å². The highest BCUT2D eigenvalue weighted by Crippen LogP contribution is 2.42. The van der Waals surface area contributed by atoms with Gasteiger partial charge in [-0.2, -0.15) is 0 Å². The number of para-hydroxylation sites is 1. The molecule has 0 bridgehead atoms. The van der Waals surface area contributed by atoms with Crippen LogP contribution in [0, 0.1) is 40.4 Å². The number of aryl methyl sites for hydroxylation is 4. The van der Waals surface area contributed by atoms with Crippen LogP contribution in [-0.4, -0.2) is 9.36 Å². The Kier molecular flexibility index (Phi) is 8.59. The molecule has 3 heteroatoms. The molecular weight excluding hydrogens is 479 g/mol. The lowest BCUT2D eigenvalue weighted by Crippen LogP contribution is -2.39. The number of halogens is 1. The maximum Gasteiger partial charge on any atom is 0.131 e. The summed E-state index contributed by atoms with van der Waals surface area (Å²) in [6, 6.07) is 18.9. The maximum absolute atomic E-state index is 15.7. The molecule has 3 aromatic carbocycles. The zero-order valence-corrected chi connectivity index (χ0v) is 25.6. The molecule has 208 valence electrons. The molecule has 0 radical (unpaired) electrons. The maximum atomic E-state index is 15.7. The standard InChI is InChI=1S/C36H47FN2/c1-10-11-12-13-17-30-18-20-31(21-19-30)32-22-26(4)33(23-34(32)37)36(8,9)29(7)38-27(5)28(6)39(38)35-24(2)15-14-16-25(35)3/h14-16,18-23,29H,10-13,17H2,1-9H3/t29-/m0/s1. The third-order valence-corrected chi connectivity index (χ3v) is 9.06. The van der Waals surface area contributed by atoms with Crippen molar-refractivity contribution >= 4 is 0 Å². The molecule has 0 aliphatic rings. The second-order valence-electron chi connectivity index (χ2n) is 12.1. The van der Waals surface area contributed by atoms with Crippen molar-refractivity contribution in [2.75, 3.05) is 0 Å². The van der Waals surface area contributed by atoms with Gasteiger partial charge in [0.15, 0.2) is 0 Å². The minimum Gasteiger partial charge on any atom is -0.280 e. The van der Waals surface area contributed by atoms with Gasteiger partial charge in [-0.3, -0.25) is 9.36 Å². The Hall–Kier alpha value is -3.07. The molecule has 0 aliphatic carbocycles. The molecule has 0 saturated heterocycles. The van der Waals surface area contributed by atoms with Crippen LogP contribution in [-0.2, 0) is 11.8 Å². The molecule has 0 N–H and O–H groups in total. The molecular formula is C36H47FN2. The van der Waals surface area contributed by atoms with Crippen LogP contribution in [0.25, 0.3) is 16.8 Å². The Labute approximate surface area is 235 Å². The number of unbranched alkanes of at least 4 members (excludes halogenated alkanes) is 3. The lowest BCUT2D eigenvalue weighted by atomic mass is 9.75. The summed E-state index contributed by atoms with van der Waals surface area (Å²) in [6.07, 6.45) is 6.13. The van der Waals surface area contributed by atoms with E-state index in [9.17, 15) is 0 Å². The quantitative estimate of drug-likeness (QED) is 0.182. The van der Waals surface area contributed by atoms with Gasteiger partial charge in [0.25, 0.3) is 0 Å². The fourth-order valence-corrected chi connectivity index (χ4v) is 6.20. The predicted molar refractivity (Wildman–Crippen MR) is 165 cm³/mol. The fourth-order valence-electron chi connectivity index (χ4n) is 6.20. The van der Waals surface area contributed by atoms with Crippen molar-refractivity contribution in [2.45, 2.75) is 106 Å². The zero-order valence-electron chi connectivity index (χ0n) is 25.6. The van der Waals surface area contributed by atoms with Crippen LogP contribution in [0.5, 0.6) is 0 Å². The average Bonchev–Trinajstić information content (AvgIpc) is 2.91. The van der Waals surface area contributed by atoms with Crippen molar-refractivity contribution in [1.29, 1.82) is 0 Å². The second kappa shape index (κ2) is 11.6. The monoisotopic (exact) mass is 526 g/mol. The van der Waals surface area contributed by atoms with Gasteiger partial charge in [0.2, 0.25) is 0 Å². The minimum absolute atomic E-state index is 0.121. The van der Waals surface area contributed by atoms with Crippen molar-refractivity contribution in [3.05, 3.63) is 99.6 Å². The predicted octanol–water partition coefficient (Wildman–Crippen LogP) is 10.3. The topological polar surface area (TPSA) is 9.86 Å². The Morgan fingerprint density at radius 2 is 1.44 bits per heavy atom. The number of nitrogens with zero attached hydrogens (tertiary/aromatic N) is 2. The van der Waals surface area contributed by atoms with Crippen LogP contribution in [0.2, 0.25) is 0 Å². The number of rotatable bonds is 10. The third kappa shape index (κ3) is 5.51. The van der Waals surface area contributed by atoms with E-state index in [-0.39, 0.29) is 17.3 Å². The Bertz CT molecular complexity index is 1410. The van der Waals surface area contributed by atoms with Gasteiger partial charge in [-0.25, -0.2) is 4.39 Å². The van der Waals surface area contributed by atoms with E-state index >= 15 is 4.39 Å². The summed E-state index contributed by atoms with van der Waals surface area (Å²) in [7, 11) is 0. The largest absolute Gasteiger partial charge is 0.280 e. The molecule has 4 aromatic rings. The van der Waals surface area contributed by atoms with Gasteiger partial charge < -0.3 is 0 Å². The summed E-state index contributed by atoms with van der Waals surface area (Å²) in [4.78, 5) is 0. The highest BCUT2D eigenvalue weighted by molar-refractivity contribution is 5.66. The highest BCUT2D eigenvalue weighted by atomic mass is 19.1. The Morgan fingerprint density at radius 1 is 0.795 bits per heavy atom. The molecule has 0 amide bonds. The van der Waals surface area contributed by atoms with Crippen LogP contribution < -0.4 is 0 Å². The molecule has 0 fully saturated rings. The van der Waals surface area contributed by atoms with E-state index in [2.05, 4.69) is 114 Å². The van der Waals surface area contributed by atoms with Crippen molar-refractivity contribution in [3.8, 4) is 16.8 Å². The van der Waals surface area contributed by atoms with E-state index in [1.807, 2.05) is 6.07 Å². The first-order valence-corrected chi connectivity index (χ1v) is 14.7. The van der Waals surface area contributed by atoms with Crippen LogP contribution in [0.1, 0.15) is 98.6 Å². The van der Waals surface area contributed by atoms with Gasteiger partial charge in [0, 0.05) is 11.0 Å². The summed E-state index contributed by atoms with van der Waals surface area (Å²) >= 11 is 0. The van der Waals surface area contributed by atoms with Gasteiger partial charge in [-0.15, -0.1) is 0 Å². The second-order valence-corrected chi connectivity index (χ2v) is 12.1. The van der Waals surface area contributed by atoms with Gasteiger partial charge in [-0.1, -0.05) is 82.5 Å². The first-order valence-electron chi connectivity index (χ1n) is 14.7. The smallest absolute Gasteiger partial charge is 0.131 e. The van der Waals surface area contributed by atoms with Gasteiger partial charge in [0.1, 0.15) is 5.82 Å². The van der Waals surface area contributed by atoms with Crippen LogP contribution in [0.15, 0.2) is 54.6 Å². The first kappa shape index (κ1) is 28.9. The van der Waals surface area contributed by atoms with Crippen LogP contribution in [0.4, 0.5) is 4.39 Å². The van der Waals surface area contributed by atoms with Gasteiger partial charge in [-0.05, 0) is 99.9 Å². The SMILES string of the molecule is CCCCCCc1ccc(-c2cc(C)c(C(C)(C)[C@H](C)n3c(C)c(C)n3-c3c(C)cccc3C)cc2F)cc1. The molecule has 0 spiro atoms. The molecule has 2 nitrogen and oxygen atoms in total.